The topological polar surface area (TPSA) is 41.6 Å². The number of hydrogen-bond donors (Lipinski definition) is 1. The molecule has 0 saturated heterocycles. The van der Waals surface area contributed by atoms with Crippen molar-refractivity contribution in [3.05, 3.63) is 55.8 Å². The Labute approximate surface area is 138 Å². The van der Waals surface area contributed by atoms with Gasteiger partial charge in [-0.2, -0.15) is 5.10 Å². The van der Waals surface area contributed by atoms with Gasteiger partial charge >= 0.3 is 0 Å². The van der Waals surface area contributed by atoms with Crippen molar-refractivity contribution in [2.75, 3.05) is 0 Å². The first-order chi connectivity index (χ1) is 10.1. The van der Waals surface area contributed by atoms with E-state index in [2.05, 4.69) is 31.1 Å². The van der Waals surface area contributed by atoms with Crippen LogP contribution >= 0.6 is 38.9 Å². The molecule has 3 nitrogen and oxygen atoms in total. The third-order valence-electron chi connectivity index (χ3n) is 3.12. The average molecular weight is 387 g/mol. The Balaban J connectivity index is 1.91. The van der Waals surface area contributed by atoms with Crippen LogP contribution in [0.3, 0.4) is 0 Å². The Morgan fingerprint density at radius 2 is 2.24 bits per heavy atom. The molecular formula is C14H10BrClFN3S. The van der Waals surface area contributed by atoms with Crippen molar-refractivity contribution in [1.29, 1.82) is 0 Å². The van der Waals surface area contributed by atoms with E-state index >= 15 is 0 Å². The summed E-state index contributed by atoms with van der Waals surface area (Å²) in [5, 5.41) is 9.43. The maximum absolute atomic E-state index is 13.8. The molecule has 3 aromatic rings. The molecular weight excluding hydrogens is 377 g/mol. The molecule has 0 fully saturated rings. The minimum atomic E-state index is -0.344. The number of nitrogens with one attached hydrogen (secondary N) is 1. The van der Waals surface area contributed by atoms with Crippen LogP contribution in [0.1, 0.15) is 17.0 Å². The maximum Gasteiger partial charge on any atom is 0.166 e. The molecule has 0 bridgehead atoms. The Morgan fingerprint density at radius 3 is 2.90 bits per heavy atom. The van der Waals surface area contributed by atoms with E-state index in [0.717, 1.165) is 14.9 Å². The largest absolute Gasteiger partial charge is 0.258 e. The minimum absolute atomic E-state index is 0.258. The first-order valence-corrected chi connectivity index (χ1v) is 8.19. The molecule has 0 aliphatic carbocycles. The van der Waals surface area contributed by atoms with Gasteiger partial charge in [0.25, 0.3) is 0 Å². The zero-order valence-electron chi connectivity index (χ0n) is 11.0. The number of rotatable bonds is 3. The van der Waals surface area contributed by atoms with E-state index in [1.807, 2.05) is 12.3 Å². The summed E-state index contributed by atoms with van der Waals surface area (Å²) in [6, 6.07) is 4.63. The fraction of sp³-hybridized carbons (Fsp3) is 0.143. The van der Waals surface area contributed by atoms with E-state index in [1.165, 1.54) is 6.07 Å². The van der Waals surface area contributed by atoms with Gasteiger partial charge in [-0.15, -0.1) is 11.3 Å². The van der Waals surface area contributed by atoms with Gasteiger partial charge in [0.1, 0.15) is 5.82 Å². The standard InChI is InChI=1S/C14H10BrClFN3S/c1-7-9(15)6-21-13(7)14-18-12(19-20-14)5-8-10(16)3-2-4-11(8)17/h2-4,6H,5H2,1H3,(H,18,19,20). The summed E-state index contributed by atoms with van der Waals surface area (Å²) in [6.07, 6.45) is 0.258. The monoisotopic (exact) mass is 385 g/mol. The van der Waals surface area contributed by atoms with Crippen LogP contribution in [0.25, 0.3) is 10.7 Å². The lowest BCUT2D eigenvalue weighted by Crippen LogP contribution is -1.96. The van der Waals surface area contributed by atoms with Crippen molar-refractivity contribution in [3.8, 4) is 10.7 Å². The highest BCUT2D eigenvalue weighted by molar-refractivity contribution is 9.10. The van der Waals surface area contributed by atoms with Crippen molar-refractivity contribution in [1.82, 2.24) is 15.2 Å². The van der Waals surface area contributed by atoms with E-state index in [0.29, 0.717) is 22.2 Å². The van der Waals surface area contributed by atoms with Gasteiger partial charge in [-0.25, -0.2) is 9.37 Å². The molecule has 108 valence electrons. The number of aromatic nitrogens is 3. The number of hydrogen-bond acceptors (Lipinski definition) is 3. The van der Waals surface area contributed by atoms with E-state index in [1.54, 1.807) is 23.5 Å². The van der Waals surface area contributed by atoms with E-state index in [9.17, 15) is 4.39 Å². The molecule has 2 heterocycles. The van der Waals surface area contributed by atoms with Gasteiger partial charge < -0.3 is 0 Å². The second-order valence-electron chi connectivity index (χ2n) is 4.51. The van der Waals surface area contributed by atoms with Crippen molar-refractivity contribution < 1.29 is 4.39 Å². The summed E-state index contributed by atoms with van der Waals surface area (Å²) in [5.41, 5.74) is 1.51. The predicted molar refractivity (Wildman–Crippen MR) is 86.3 cm³/mol. The van der Waals surface area contributed by atoms with E-state index < -0.39 is 0 Å². The lowest BCUT2D eigenvalue weighted by Gasteiger charge is -2.02. The highest BCUT2D eigenvalue weighted by atomic mass is 79.9. The minimum Gasteiger partial charge on any atom is -0.258 e. The Morgan fingerprint density at radius 1 is 1.43 bits per heavy atom. The molecule has 0 saturated carbocycles. The van der Waals surface area contributed by atoms with Crippen LogP contribution in [0.2, 0.25) is 5.02 Å². The lowest BCUT2D eigenvalue weighted by molar-refractivity contribution is 0.612. The number of aromatic amines is 1. The lowest BCUT2D eigenvalue weighted by atomic mass is 10.1. The second kappa shape index (κ2) is 5.87. The third kappa shape index (κ3) is 2.88. The van der Waals surface area contributed by atoms with Crippen LogP contribution in [-0.4, -0.2) is 15.2 Å². The number of halogens is 3. The smallest absolute Gasteiger partial charge is 0.166 e. The molecule has 7 heteroatoms. The SMILES string of the molecule is Cc1c(Br)csc1-c1nc(Cc2c(F)cccc2Cl)n[nH]1. The molecule has 0 atom stereocenters. The Hall–Kier alpha value is -1.24. The molecule has 1 N–H and O–H groups in total. The number of nitrogens with zero attached hydrogens (tertiary/aromatic N) is 2. The molecule has 1 aromatic carbocycles. The van der Waals surface area contributed by atoms with Crippen LogP contribution in [0, 0.1) is 12.7 Å². The number of H-pyrrole nitrogens is 1. The average Bonchev–Trinajstić information content (AvgIpc) is 3.03. The first-order valence-electron chi connectivity index (χ1n) is 6.14. The van der Waals surface area contributed by atoms with Gasteiger partial charge in [-0.05, 0) is 40.5 Å². The van der Waals surface area contributed by atoms with Gasteiger partial charge in [0.2, 0.25) is 0 Å². The van der Waals surface area contributed by atoms with Crippen molar-refractivity contribution in [2.24, 2.45) is 0 Å². The molecule has 0 spiro atoms. The normalized spacial score (nSPS) is 11.0. The first kappa shape index (κ1) is 14.7. The van der Waals surface area contributed by atoms with Crippen LogP contribution < -0.4 is 0 Å². The third-order valence-corrected chi connectivity index (χ3v) is 5.69. The number of thiophene rings is 1. The van der Waals surface area contributed by atoms with Crippen LogP contribution in [0.15, 0.2) is 28.1 Å². The zero-order valence-corrected chi connectivity index (χ0v) is 14.1. The van der Waals surface area contributed by atoms with Gasteiger partial charge in [0, 0.05) is 26.9 Å². The second-order valence-corrected chi connectivity index (χ2v) is 6.66. The quantitative estimate of drug-likeness (QED) is 0.689. The summed E-state index contributed by atoms with van der Waals surface area (Å²) in [5.74, 6) is 0.857. The van der Waals surface area contributed by atoms with Gasteiger partial charge in [-0.1, -0.05) is 17.7 Å². The summed E-state index contributed by atoms with van der Waals surface area (Å²) in [6.45, 7) is 2.01. The zero-order chi connectivity index (χ0) is 15.0. The highest BCUT2D eigenvalue weighted by Crippen LogP contribution is 2.33. The Bertz CT molecular complexity index is 779. The van der Waals surface area contributed by atoms with Crippen molar-refractivity contribution >= 4 is 38.9 Å². The van der Waals surface area contributed by atoms with Gasteiger partial charge in [-0.3, -0.25) is 5.10 Å². The molecule has 3 rings (SSSR count). The summed E-state index contributed by atoms with van der Waals surface area (Å²) < 4.78 is 14.8. The van der Waals surface area contributed by atoms with Crippen LogP contribution in [0.4, 0.5) is 4.39 Å². The molecule has 21 heavy (non-hydrogen) atoms. The summed E-state index contributed by atoms with van der Waals surface area (Å²) in [4.78, 5) is 5.44. The van der Waals surface area contributed by atoms with E-state index in [4.69, 9.17) is 11.6 Å². The molecule has 0 aliphatic rings. The van der Waals surface area contributed by atoms with Gasteiger partial charge in [0.05, 0.1) is 4.88 Å². The fourth-order valence-corrected chi connectivity index (χ4v) is 3.69. The maximum atomic E-state index is 13.8. The summed E-state index contributed by atoms with van der Waals surface area (Å²) >= 11 is 11.1. The summed E-state index contributed by atoms with van der Waals surface area (Å²) in [7, 11) is 0. The molecule has 2 aromatic heterocycles. The van der Waals surface area contributed by atoms with E-state index in [-0.39, 0.29) is 12.2 Å². The fourth-order valence-electron chi connectivity index (χ4n) is 1.97. The van der Waals surface area contributed by atoms with Crippen molar-refractivity contribution in [3.63, 3.8) is 0 Å². The Kier molecular flexibility index (Phi) is 4.10. The predicted octanol–water partition coefficient (Wildman–Crippen LogP) is 4.99. The van der Waals surface area contributed by atoms with Gasteiger partial charge in [0.15, 0.2) is 11.6 Å². The molecule has 0 unspecified atom stereocenters. The highest BCUT2D eigenvalue weighted by Gasteiger charge is 2.15. The van der Waals surface area contributed by atoms with Crippen molar-refractivity contribution in [2.45, 2.75) is 13.3 Å². The van der Waals surface area contributed by atoms with Crippen LogP contribution in [0.5, 0.6) is 0 Å². The number of benzene rings is 1. The molecule has 0 radical (unpaired) electrons. The molecule has 0 amide bonds. The van der Waals surface area contributed by atoms with Crippen LogP contribution in [-0.2, 0) is 6.42 Å². The molecule has 0 aliphatic heterocycles.